The van der Waals surface area contributed by atoms with E-state index in [1.165, 1.54) is 0 Å². The molecule has 0 aromatic carbocycles. The first-order chi connectivity index (χ1) is 9.59. The molecule has 0 amide bonds. The van der Waals surface area contributed by atoms with Gasteiger partial charge < -0.3 is 15.2 Å². The average molecular weight is 296 g/mol. The van der Waals surface area contributed by atoms with Crippen molar-refractivity contribution in [3.05, 3.63) is 6.33 Å². The van der Waals surface area contributed by atoms with Gasteiger partial charge in [0.1, 0.15) is 5.52 Å². The minimum Gasteiger partial charge on any atom is -0.357 e. The van der Waals surface area contributed by atoms with Crippen LogP contribution in [0.4, 0.5) is 11.8 Å². The van der Waals surface area contributed by atoms with E-state index in [0.717, 1.165) is 5.52 Å². The van der Waals surface area contributed by atoms with Crippen LogP contribution in [0.25, 0.3) is 11.2 Å². The second kappa shape index (κ2) is 4.89. The molecule has 1 aliphatic heterocycles. The summed E-state index contributed by atoms with van der Waals surface area (Å²) in [5.41, 5.74) is 1.31. The van der Waals surface area contributed by atoms with Gasteiger partial charge in [-0.3, -0.25) is 0 Å². The number of sulfone groups is 1. The molecule has 2 aromatic heterocycles. The smallest absolute Gasteiger partial charge is 0.226 e. The molecule has 2 N–H and O–H groups in total. The molecule has 0 radical (unpaired) electrons. The summed E-state index contributed by atoms with van der Waals surface area (Å²) in [6.07, 6.45) is 2.17. The maximum Gasteiger partial charge on any atom is 0.226 e. The zero-order valence-electron chi connectivity index (χ0n) is 11.1. The molecule has 3 rings (SSSR count). The fourth-order valence-electron chi connectivity index (χ4n) is 2.31. The number of aromatic amines is 1. The summed E-state index contributed by atoms with van der Waals surface area (Å²) >= 11 is 0. The lowest BCUT2D eigenvalue weighted by Crippen LogP contribution is -2.28. The van der Waals surface area contributed by atoms with Crippen molar-refractivity contribution >= 4 is 32.8 Å². The highest BCUT2D eigenvalue weighted by Crippen LogP contribution is 2.23. The Bertz CT molecular complexity index is 726. The third-order valence-electron chi connectivity index (χ3n) is 3.35. The molecular weight excluding hydrogens is 280 g/mol. The summed E-state index contributed by atoms with van der Waals surface area (Å²) in [7, 11) is -1.20. The molecule has 9 heteroatoms. The van der Waals surface area contributed by atoms with Crippen LogP contribution >= 0.6 is 0 Å². The Morgan fingerprint density at radius 1 is 1.30 bits per heavy atom. The van der Waals surface area contributed by atoms with Crippen LogP contribution in [0.1, 0.15) is 6.42 Å². The molecule has 3 heterocycles. The van der Waals surface area contributed by atoms with Gasteiger partial charge in [0.15, 0.2) is 21.3 Å². The molecule has 1 saturated heterocycles. The molecule has 0 saturated carbocycles. The topological polar surface area (TPSA) is 104 Å². The van der Waals surface area contributed by atoms with E-state index in [4.69, 9.17) is 0 Å². The lowest BCUT2D eigenvalue weighted by Gasteiger charge is -2.21. The van der Waals surface area contributed by atoms with E-state index < -0.39 is 9.84 Å². The van der Waals surface area contributed by atoms with Crippen LogP contribution in [0.15, 0.2) is 6.33 Å². The molecule has 0 atom stereocenters. The van der Waals surface area contributed by atoms with E-state index in [1.54, 1.807) is 13.4 Å². The van der Waals surface area contributed by atoms with Crippen molar-refractivity contribution in [2.75, 3.05) is 41.9 Å². The Hall–Kier alpha value is -1.90. The summed E-state index contributed by atoms with van der Waals surface area (Å²) in [5.74, 6) is 1.57. The largest absolute Gasteiger partial charge is 0.357 e. The number of hydrogen-bond acceptors (Lipinski definition) is 7. The molecular formula is C11H16N6O2S. The van der Waals surface area contributed by atoms with Gasteiger partial charge in [-0.1, -0.05) is 0 Å². The molecule has 108 valence electrons. The fraction of sp³-hybridized carbons (Fsp3) is 0.545. The van der Waals surface area contributed by atoms with E-state index in [9.17, 15) is 8.42 Å². The summed E-state index contributed by atoms with van der Waals surface area (Å²) in [4.78, 5) is 17.8. The van der Waals surface area contributed by atoms with Crippen LogP contribution in [0, 0.1) is 0 Å². The van der Waals surface area contributed by atoms with Gasteiger partial charge in [0.2, 0.25) is 5.95 Å². The maximum absolute atomic E-state index is 11.7. The van der Waals surface area contributed by atoms with Crippen LogP contribution < -0.4 is 10.2 Å². The first-order valence-electron chi connectivity index (χ1n) is 6.43. The SMILES string of the molecule is CNc1nc(N2CCCS(=O)(=O)CC2)c2[nH]cnc2n1. The summed E-state index contributed by atoms with van der Waals surface area (Å²) < 4.78 is 23.4. The maximum atomic E-state index is 11.7. The van der Waals surface area contributed by atoms with E-state index in [2.05, 4.69) is 25.3 Å². The normalized spacial score (nSPS) is 18.9. The number of H-pyrrole nitrogens is 1. The predicted molar refractivity (Wildman–Crippen MR) is 76.7 cm³/mol. The minimum absolute atomic E-state index is 0.154. The second-order valence-corrected chi connectivity index (χ2v) is 7.02. The average Bonchev–Trinajstić information content (AvgIpc) is 2.82. The molecule has 8 nitrogen and oxygen atoms in total. The van der Waals surface area contributed by atoms with Crippen LogP contribution in [0.5, 0.6) is 0 Å². The van der Waals surface area contributed by atoms with Crippen LogP contribution in [-0.4, -0.2) is 60.0 Å². The van der Waals surface area contributed by atoms with E-state index in [0.29, 0.717) is 36.9 Å². The lowest BCUT2D eigenvalue weighted by atomic mass is 10.3. The van der Waals surface area contributed by atoms with Gasteiger partial charge in [-0.15, -0.1) is 0 Å². The second-order valence-electron chi connectivity index (χ2n) is 4.71. The molecule has 1 aliphatic rings. The highest BCUT2D eigenvalue weighted by atomic mass is 32.2. The summed E-state index contributed by atoms with van der Waals surface area (Å²) in [6.45, 7) is 1.10. The van der Waals surface area contributed by atoms with Gasteiger partial charge in [0, 0.05) is 20.1 Å². The lowest BCUT2D eigenvalue weighted by molar-refractivity contribution is 0.597. The van der Waals surface area contributed by atoms with Crippen molar-refractivity contribution in [1.29, 1.82) is 0 Å². The molecule has 0 unspecified atom stereocenters. The Balaban J connectivity index is 2.02. The van der Waals surface area contributed by atoms with Crippen molar-refractivity contribution in [2.24, 2.45) is 0 Å². The Morgan fingerprint density at radius 2 is 2.15 bits per heavy atom. The fourth-order valence-corrected chi connectivity index (χ4v) is 3.58. The zero-order valence-corrected chi connectivity index (χ0v) is 11.9. The van der Waals surface area contributed by atoms with Gasteiger partial charge in [-0.2, -0.15) is 9.97 Å². The number of fused-ring (bicyclic) bond motifs is 1. The van der Waals surface area contributed by atoms with E-state index in [1.807, 2.05) is 4.90 Å². The first kappa shape index (κ1) is 13.1. The Labute approximate surface area is 116 Å². The van der Waals surface area contributed by atoms with Crippen molar-refractivity contribution < 1.29 is 8.42 Å². The van der Waals surface area contributed by atoms with Crippen LogP contribution in [0.3, 0.4) is 0 Å². The molecule has 0 bridgehead atoms. The standard InChI is InChI=1S/C11H16N6O2S/c1-12-11-15-9-8(13-7-14-9)10(16-11)17-3-2-5-20(18,19)6-4-17/h7H,2-6H2,1H3,(H2,12,13,14,15,16). The zero-order chi connectivity index (χ0) is 14.2. The number of hydrogen-bond donors (Lipinski definition) is 2. The van der Waals surface area contributed by atoms with Crippen molar-refractivity contribution in [3.8, 4) is 0 Å². The predicted octanol–water partition coefficient (Wildman–Crippen LogP) is 0.0195. The highest BCUT2D eigenvalue weighted by Gasteiger charge is 2.22. The quantitative estimate of drug-likeness (QED) is 0.805. The van der Waals surface area contributed by atoms with E-state index in [-0.39, 0.29) is 11.5 Å². The highest BCUT2D eigenvalue weighted by molar-refractivity contribution is 7.91. The molecule has 1 fully saturated rings. The van der Waals surface area contributed by atoms with Crippen molar-refractivity contribution in [2.45, 2.75) is 6.42 Å². The van der Waals surface area contributed by atoms with Gasteiger partial charge in [-0.25, -0.2) is 13.4 Å². The Kier molecular flexibility index (Phi) is 3.20. The van der Waals surface area contributed by atoms with Gasteiger partial charge in [0.25, 0.3) is 0 Å². The summed E-state index contributed by atoms with van der Waals surface area (Å²) in [5, 5.41) is 2.90. The Morgan fingerprint density at radius 3 is 2.95 bits per heavy atom. The van der Waals surface area contributed by atoms with Gasteiger partial charge >= 0.3 is 0 Å². The van der Waals surface area contributed by atoms with Crippen LogP contribution in [0.2, 0.25) is 0 Å². The number of rotatable bonds is 2. The third kappa shape index (κ3) is 2.40. The monoisotopic (exact) mass is 296 g/mol. The molecule has 2 aromatic rings. The van der Waals surface area contributed by atoms with Gasteiger partial charge in [0.05, 0.1) is 17.8 Å². The van der Waals surface area contributed by atoms with Crippen molar-refractivity contribution in [1.82, 2.24) is 19.9 Å². The number of anilines is 2. The van der Waals surface area contributed by atoms with Crippen LogP contribution in [-0.2, 0) is 9.84 Å². The van der Waals surface area contributed by atoms with E-state index >= 15 is 0 Å². The molecule has 0 aliphatic carbocycles. The minimum atomic E-state index is -2.94. The third-order valence-corrected chi connectivity index (χ3v) is 5.06. The summed E-state index contributed by atoms with van der Waals surface area (Å²) in [6, 6.07) is 0. The number of nitrogens with zero attached hydrogens (tertiary/aromatic N) is 4. The molecule has 20 heavy (non-hydrogen) atoms. The number of aromatic nitrogens is 4. The first-order valence-corrected chi connectivity index (χ1v) is 8.25. The molecule has 0 spiro atoms. The number of imidazole rings is 1. The van der Waals surface area contributed by atoms with Gasteiger partial charge in [-0.05, 0) is 6.42 Å². The van der Waals surface area contributed by atoms with Crippen molar-refractivity contribution in [3.63, 3.8) is 0 Å². The number of nitrogens with one attached hydrogen (secondary N) is 2.